The van der Waals surface area contributed by atoms with Crippen molar-refractivity contribution >= 4 is 11.5 Å². The fraction of sp³-hybridized carbons (Fsp3) is 0.200. The molecule has 0 spiro atoms. The second-order valence-corrected chi connectivity index (χ2v) is 4.04. The van der Waals surface area contributed by atoms with E-state index in [1.807, 2.05) is 0 Å². The van der Waals surface area contributed by atoms with E-state index in [1.165, 1.54) is 17.6 Å². The standard InChI is InChI=1S/C10H9F2N3S/c1-13-5-9-10(14-15-16-9)6-2-3-7(11)8(12)4-6/h2-4,13H,5H2,1H3. The maximum Gasteiger partial charge on any atom is 0.159 e. The molecule has 0 fully saturated rings. The van der Waals surface area contributed by atoms with Crippen LogP contribution >= 0.6 is 11.5 Å². The van der Waals surface area contributed by atoms with E-state index < -0.39 is 11.6 Å². The molecule has 0 saturated heterocycles. The summed E-state index contributed by atoms with van der Waals surface area (Å²) in [4.78, 5) is 0.897. The molecule has 0 aliphatic carbocycles. The third-order valence-electron chi connectivity index (χ3n) is 2.09. The molecular weight excluding hydrogens is 232 g/mol. The summed E-state index contributed by atoms with van der Waals surface area (Å²) in [6, 6.07) is 3.71. The van der Waals surface area contributed by atoms with Gasteiger partial charge in [-0.05, 0) is 36.8 Å². The minimum atomic E-state index is -0.874. The second kappa shape index (κ2) is 4.63. The van der Waals surface area contributed by atoms with Gasteiger partial charge in [0.1, 0.15) is 5.69 Å². The molecule has 0 unspecified atom stereocenters. The first kappa shape index (κ1) is 11.1. The second-order valence-electron chi connectivity index (χ2n) is 3.20. The molecule has 2 aromatic rings. The molecule has 0 aliphatic rings. The molecular formula is C10H9F2N3S. The van der Waals surface area contributed by atoms with E-state index in [1.54, 1.807) is 7.05 Å². The monoisotopic (exact) mass is 241 g/mol. The van der Waals surface area contributed by atoms with Crippen molar-refractivity contribution < 1.29 is 8.78 Å². The summed E-state index contributed by atoms with van der Waals surface area (Å²) < 4.78 is 29.6. The van der Waals surface area contributed by atoms with Crippen LogP contribution in [0.3, 0.4) is 0 Å². The Morgan fingerprint density at radius 2 is 2.12 bits per heavy atom. The fourth-order valence-corrected chi connectivity index (χ4v) is 2.02. The van der Waals surface area contributed by atoms with Gasteiger partial charge in [0.25, 0.3) is 0 Å². The van der Waals surface area contributed by atoms with Crippen LogP contribution < -0.4 is 5.32 Å². The molecule has 16 heavy (non-hydrogen) atoms. The number of nitrogens with zero attached hydrogens (tertiary/aromatic N) is 2. The lowest BCUT2D eigenvalue weighted by molar-refractivity contribution is 0.509. The van der Waals surface area contributed by atoms with Crippen molar-refractivity contribution in [2.45, 2.75) is 6.54 Å². The van der Waals surface area contributed by atoms with Crippen molar-refractivity contribution in [3.8, 4) is 11.3 Å². The Morgan fingerprint density at radius 3 is 2.81 bits per heavy atom. The zero-order valence-electron chi connectivity index (χ0n) is 8.50. The number of aromatic nitrogens is 2. The van der Waals surface area contributed by atoms with Crippen LogP contribution in [0.25, 0.3) is 11.3 Å². The molecule has 2 rings (SSSR count). The van der Waals surface area contributed by atoms with Crippen molar-refractivity contribution in [1.29, 1.82) is 0 Å². The van der Waals surface area contributed by atoms with E-state index in [2.05, 4.69) is 14.9 Å². The largest absolute Gasteiger partial charge is 0.315 e. The van der Waals surface area contributed by atoms with Gasteiger partial charge < -0.3 is 5.32 Å². The number of rotatable bonds is 3. The molecule has 3 nitrogen and oxygen atoms in total. The van der Waals surface area contributed by atoms with Crippen LogP contribution in [-0.4, -0.2) is 16.6 Å². The number of hydrogen-bond donors (Lipinski definition) is 1. The van der Waals surface area contributed by atoms with Gasteiger partial charge in [0.2, 0.25) is 0 Å². The normalized spacial score (nSPS) is 10.7. The lowest BCUT2D eigenvalue weighted by Gasteiger charge is -2.01. The zero-order chi connectivity index (χ0) is 11.5. The lowest BCUT2D eigenvalue weighted by atomic mass is 10.1. The van der Waals surface area contributed by atoms with Gasteiger partial charge in [0.05, 0.1) is 4.88 Å². The molecule has 1 aromatic heterocycles. The minimum absolute atomic E-state index is 0.540. The molecule has 84 valence electrons. The first-order valence-corrected chi connectivity index (χ1v) is 5.41. The molecule has 1 N–H and O–H groups in total. The molecule has 0 radical (unpaired) electrons. The Labute approximate surface area is 95.3 Å². The van der Waals surface area contributed by atoms with Crippen LogP contribution in [-0.2, 0) is 6.54 Å². The van der Waals surface area contributed by atoms with Crippen LogP contribution in [0, 0.1) is 11.6 Å². The van der Waals surface area contributed by atoms with E-state index in [0.29, 0.717) is 17.8 Å². The highest BCUT2D eigenvalue weighted by Crippen LogP contribution is 2.25. The summed E-state index contributed by atoms with van der Waals surface area (Å²) in [6.45, 7) is 0.603. The Morgan fingerprint density at radius 1 is 1.31 bits per heavy atom. The van der Waals surface area contributed by atoms with Crippen molar-refractivity contribution in [3.63, 3.8) is 0 Å². The van der Waals surface area contributed by atoms with E-state index in [4.69, 9.17) is 0 Å². The molecule has 0 amide bonds. The molecule has 0 aliphatic heterocycles. The summed E-state index contributed by atoms with van der Waals surface area (Å²) >= 11 is 1.24. The highest BCUT2D eigenvalue weighted by atomic mass is 32.1. The summed E-state index contributed by atoms with van der Waals surface area (Å²) in [5, 5.41) is 6.88. The van der Waals surface area contributed by atoms with Crippen LogP contribution in [0.5, 0.6) is 0 Å². The number of halogens is 2. The summed E-state index contributed by atoms with van der Waals surface area (Å²) in [5.74, 6) is -1.73. The van der Waals surface area contributed by atoms with Gasteiger partial charge in [0.15, 0.2) is 11.6 Å². The molecule has 0 atom stereocenters. The van der Waals surface area contributed by atoms with Crippen LogP contribution in [0.15, 0.2) is 18.2 Å². The first-order valence-electron chi connectivity index (χ1n) is 4.63. The van der Waals surface area contributed by atoms with Gasteiger partial charge in [-0.25, -0.2) is 8.78 Å². The van der Waals surface area contributed by atoms with E-state index >= 15 is 0 Å². The van der Waals surface area contributed by atoms with Crippen molar-refractivity contribution in [2.75, 3.05) is 7.05 Å². The molecule has 0 saturated carbocycles. The van der Waals surface area contributed by atoms with Gasteiger partial charge in [0, 0.05) is 12.1 Å². The third-order valence-corrected chi connectivity index (χ3v) is 2.81. The van der Waals surface area contributed by atoms with Crippen LogP contribution in [0.1, 0.15) is 4.88 Å². The van der Waals surface area contributed by atoms with Crippen molar-refractivity contribution in [3.05, 3.63) is 34.7 Å². The van der Waals surface area contributed by atoms with Gasteiger partial charge in [-0.1, -0.05) is 4.49 Å². The van der Waals surface area contributed by atoms with Gasteiger partial charge in [-0.2, -0.15) is 0 Å². The molecule has 0 bridgehead atoms. The Balaban J connectivity index is 2.42. The van der Waals surface area contributed by atoms with Gasteiger partial charge in [-0.3, -0.25) is 0 Å². The van der Waals surface area contributed by atoms with Crippen molar-refractivity contribution in [1.82, 2.24) is 14.9 Å². The maximum absolute atomic E-state index is 13.1. The van der Waals surface area contributed by atoms with E-state index in [9.17, 15) is 8.78 Å². The third kappa shape index (κ3) is 2.07. The Hall–Kier alpha value is -1.40. The van der Waals surface area contributed by atoms with Gasteiger partial charge >= 0.3 is 0 Å². The highest BCUT2D eigenvalue weighted by molar-refractivity contribution is 7.05. The smallest absolute Gasteiger partial charge is 0.159 e. The SMILES string of the molecule is CNCc1snnc1-c1ccc(F)c(F)c1. The number of nitrogens with one attached hydrogen (secondary N) is 1. The lowest BCUT2D eigenvalue weighted by Crippen LogP contribution is -2.04. The maximum atomic E-state index is 13.1. The summed E-state index contributed by atoms with van der Waals surface area (Å²) in [6.07, 6.45) is 0. The topological polar surface area (TPSA) is 37.8 Å². The van der Waals surface area contributed by atoms with Crippen LogP contribution in [0.4, 0.5) is 8.78 Å². The van der Waals surface area contributed by atoms with Gasteiger partial charge in [-0.15, -0.1) is 5.10 Å². The highest BCUT2D eigenvalue weighted by Gasteiger charge is 2.11. The fourth-order valence-electron chi connectivity index (χ4n) is 1.35. The molecule has 1 heterocycles. The summed E-state index contributed by atoms with van der Waals surface area (Å²) in [5.41, 5.74) is 1.14. The predicted molar refractivity (Wildman–Crippen MR) is 58.0 cm³/mol. The molecule has 6 heteroatoms. The average Bonchev–Trinajstić information content (AvgIpc) is 2.71. The van der Waals surface area contributed by atoms with Crippen LogP contribution in [0.2, 0.25) is 0 Å². The predicted octanol–water partition coefficient (Wildman–Crippen LogP) is 2.20. The first-order chi connectivity index (χ1) is 7.72. The summed E-state index contributed by atoms with van der Waals surface area (Å²) in [7, 11) is 1.80. The average molecular weight is 241 g/mol. The zero-order valence-corrected chi connectivity index (χ0v) is 9.31. The number of benzene rings is 1. The molecule has 1 aromatic carbocycles. The Kier molecular flexibility index (Phi) is 3.21. The minimum Gasteiger partial charge on any atom is -0.315 e. The van der Waals surface area contributed by atoms with E-state index in [0.717, 1.165) is 17.0 Å². The van der Waals surface area contributed by atoms with Crippen molar-refractivity contribution in [2.24, 2.45) is 0 Å². The number of hydrogen-bond acceptors (Lipinski definition) is 4. The Bertz CT molecular complexity index is 499. The quantitative estimate of drug-likeness (QED) is 0.895. The van der Waals surface area contributed by atoms with E-state index in [-0.39, 0.29) is 0 Å².